The number of anilines is 1. The van der Waals surface area contributed by atoms with Crippen LogP contribution in [-0.4, -0.2) is 82.3 Å². The van der Waals surface area contributed by atoms with Gasteiger partial charge in [0.25, 0.3) is 0 Å². The monoisotopic (exact) mass is 654 g/mol. The summed E-state index contributed by atoms with van der Waals surface area (Å²) < 4.78 is 29.0. The van der Waals surface area contributed by atoms with Crippen molar-refractivity contribution < 1.29 is 13.9 Å². The summed E-state index contributed by atoms with van der Waals surface area (Å²) in [7, 11) is 0. The van der Waals surface area contributed by atoms with Crippen LogP contribution in [0.1, 0.15) is 44.9 Å². The van der Waals surface area contributed by atoms with Crippen molar-refractivity contribution in [2.75, 3.05) is 50.8 Å². The molecular weight excluding hydrogens is 615 g/mol. The van der Waals surface area contributed by atoms with Gasteiger partial charge in [0.2, 0.25) is 0 Å². The number of hydrogen-bond donors (Lipinski definition) is 0. The Morgan fingerprint density at radius 1 is 1.04 bits per heavy atom. The zero-order valence-corrected chi connectivity index (χ0v) is 27.4. The number of pyridine rings is 1. The number of benzene rings is 2. The minimum atomic E-state index is -0.474. The Labute approximate surface area is 279 Å². The second-order valence-corrected chi connectivity index (χ2v) is 14.7. The van der Waals surface area contributed by atoms with Gasteiger partial charge in [0.1, 0.15) is 30.2 Å². The average Bonchev–Trinajstić information content (AvgIpc) is 3.85. The van der Waals surface area contributed by atoms with E-state index in [-0.39, 0.29) is 22.8 Å². The Hall–Kier alpha value is -3.69. The van der Waals surface area contributed by atoms with E-state index in [1.807, 2.05) is 36.4 Å². The Morgan fingerprint density at radius 2 is 1.87 bits per heavy atom. The molecule has 2 bridgehead atoms. The second-order valence-electron chi connectivity index (χ2n) is 14.3. The first kappa shape index (κ1) is 29.4. The van der Waals surface area contributed by atoms with Gasteiger partial charge in [-0.15, -0.1) is 0 Å². The van der Waals surface area contributed by atoms with Crippen LogP contribution < -0.4 is 9.64 Å². The summed E-state index contributed by atoms with van der Waals surface area (Å²) in [6, 6.07) is 12.2. The van der Waals surface area contributed by atoms with E-state index in [9.17, 15) is 0 Å². The van der Waals surface area contributed by atoms with Crippen LogP contribution in [-0.2, 0) is 4.74 Å². The molecule has 0 amide bonds. The number of ether oxygens (including phenoxy) is 2. The second kappa shape index (κ2) is 11.5. The van der Waals surface area contributed by atoms with Crippen molar-refractivity contribution in [3.05, 3.63) is 65.9 Å². The van der Waals surface area contributed by atoms with E-state index in [1.165, 1.54) is 19.3 Å². The van der Waals surface area contributed by atoms with Gasteiger partial charge in [-0.3, -0.25) is 9.88 Å². The third-order valence-corrected chi connectivity index (χ3v) is 11.9. The molecule has 5 aliphatic rings. The van der Waals surface area contributed by atoms with Crippen LogP contribution >= 0.6 is 11.6 Å². The van der Waals surface area contributed by atoms with Crippen molar-refractivity contribution in [1.29, 1.82) is 0 Å². The molecule has 9 rings (SSSR count). The van der Waals surface area contributed by atoms with Crippen molar-refractivity contribution in [2.45, 2.75) is 56.5 Å². The number of aromatic nitrogens is 3. The van der Waals surface area contributed by atoms with Crippen molar-refractivity contribution in [3.63, 3.8) is 0 Å². The summed E-state index contributed by atoms with van der Waals surface area (Å²) in [4.78, 5) is 21.8. The van der Waals surface area contributed by atoms with Gasteiger partial charge in [0.05, 0.1) is 17.5 Å². The molecule has 47 heavy (non-hydrogen) atoms. The van der Waals surface area contributed by atoms with Gasteiger partial charge in [-0.1, -0.05) is 41.9 Å². The van der Waals surface area contributed by atoms with Gasteiger partial charge in [0, 0.05) is 47.8 Å². The lowest BCUT2D eigenvalue weighted by Gasteiger charge is -2.36. The fourth-order valence-corrected chi connectivity index (χ4v) is 9.61. The van der Waals surface area contributed by atoms with Crippen LogP contribution in [0.25, 0.3) is 32.9 Å². The molecule has 10 heteroatoms. The Balaban J connectivity index is 1.08. The Kier molecular flexibility index (Phi) is 7.19. The van der Waals surface area contributed by atoms with E-state index in [2.05, 4.69) is 21.3 Å². The van der Waals surface area contributed by atoms with Crippen LogP contribution in [0.5, 0.6) is 6.01 Å². The predicted octanol–water partition coefficient (Wildman–Crippen LogP) is 7.05. The maximum absolute atomic E-state index is 16.8. The van der Waals surface area contributed by atoms with Crippen molar-refractivity contribution in [2.24, 2.45) is 11.8 Å². The molecule has 8 nitrogen and oxygen atoms in total. The number of nitrogens with zero attached hydrogens (tertiary/aromatic N) is 6. The molecule has 244 valence electrons. The molecule has 0 radical (unpaired) electrons. The smallest absolute Gasteiger partial charge is 0.319 e. The van der Waals surface area contributed by atoms with Gasteiger partial charge >= 0.3 is 6.01 Å². The summed E-state index contributed by atoms with van der Waals surface area (Å²) >= 11 is 6.66. The summed E-state index contributed by atoms with van der Waals surface area (Å²) in [5.74, 6) is 2.31. The molecule has 2 aromatic heterocycles. The molecule has 2 unspecified atom stereocenters. The van der Waals surface area contributed by atoms with E-state index in [0.717, 1.165) is 80.9 Å². The molecular formula is C37H40ClFN6O2. The maximum Gasteiger partial charge on any atom is 0.319 e. The largest absolute Gasteiger partial charge is 0.478 e. The van der Waals surface area contributed by atoms with Gasteiger partial charge in [-0.25, -0.2) is 4.39 Å². The Morgan fingerprint density at radius 3 is 2.68 bits per heavy atom. The summed E-state index contributed by atoms with van der Waals surface area (Å²) in [5.41, 5.74) is 1.05. The highest BCUT2D eigenvalue weighted by Crippen LogP contribution is 2.44. The molecule has 5 fully saturated rings. The highest BCUT2D eigenvalue weighted by Gasteiger charge is 2.50. The summed E-state index contributed by atoms with van der Waals surface area (Å²) in [6.07, 6.45) is 9.84. The first-order valence-electron chi connectivity index (χ1n) is 17.2. The minimum Gasteiger partial charge on any atom is -0.478 e. The van der Waals surface area contributed by atoms with Crippen LogP contribution in [0.3, 0.4) is 0 Å². The predicted molar refractivity (Wildman–Crippen MR) is 182 cm³/mol. The zero-order valence-electron chi connectivity index (χ0n) is 26.6. The normalized spacial score (nSPS) is 27.3. The van der Waals surface area contributed by atoms with Gasteiger partial charge < -0.3 is 19.3 Å². The molecule has 0 N–H and O–H groups in total. The highest BCUT2D eigenvalue weighted by atomic mass is 35.5. The lowest BCUT2D eigenvalue weighted by Crippen LogP contribution is -2.49. The topological polar surface area (TPSA) is 66.9 Å². The van der Waals surface area contributed by atoms with Crippen molar-refractivity contribution in [3.8, 4) is 17.3 Å². The van der Waals surface area contributed by atoms with E-state index < -0.39 is 5.82 Å². The van der Waals surface area contributed by atoms with Crippen LogP contribution in [0.4, 0.5) is 10.2 Å². The van der Waals surface area contributed by atoms with Crippen LogP contribution in [0.2, 0.25) is 5.02 Å². The molecule has 4 saturated heterocycles. The van der Waals surface area contributed by atoms with E-state index in [1.54, 1.807) is 6.20 Å². The van der Waals surface area contributed by atoms with E-state index in [4.69, 9.17) is 36.0 Å². The van der Waals surface area contributed by atoms with Gasteiger partial charge in [0.15, 0.2) is 11.7 Å². The third-order valence-electron chi connectivity index (χ3n) is 11.6. The first-order valence-corrected chi connectivity index (χ1v) is 17.6. The number of piperidine rings is 1. The molecule has 4 atom stereocenters. The lowest BCUT2D eigenvalue weighted by atomic mass is 9.95. The van der Waals surface area contributed by atoms with E-state index >= 15 is 4.39 Å². The van der Waals surface area contributed by atoms with Crippen LogP contribution in [0, 0.1) is 17.7 Å². The van der Waals surface area contributed by atoms with Gasteiger partial charge in [-0.2, -0.15) is 9.97 Å². The molecule has 0 spiro atoms. The first-order chi connectivity index (χ1) is 23.0. The molecule has 1 saturated carbocycles. The molecule has 1 aliphatic carbocycles. The maximum atomic E-state index is 16.8. The Bertz CT molecular complexity index is 1870. The van der Waals surface area contributed by atoms with Crippen LogP contribution in [0.15, 0.2) is 55.1 Å². The summed E-state index contributed by atoms with van der Waals surface area (Å²) in [5, 5.41) is 2.90. The third kappa shape index (κ3) is 5.00. The number of hydrogen-bond acceptors (Lipinski definition) is 8. The number of halogens is 2. The molecule has 2 aromatic carbocycles. The fraction of sp³-hybridized carbons (Fsp3) is 0.486. The lowest BCUT2D eigenvalue weighted by molar-refractivity contribution is 0.0750. The average molecular weight is 655 g/mol. The fourth-order valence-electron chi connectivity index (χ4n) is 9.33. The quantitative estimate of drug-likeness (QED) is 0.210. The van der Waals surface area contributed by atoms with Crippen molar-refractivity contribution in [1.82, 2.24) is 24.8 Å². The zero-order chi connectivity index (χ0) is 31.7. The number of rotatable bonds is 7. The van der Waals surface area contributed by atoms with E-state index in [0.29, 0.717) is 47.1 Å². The highest BCUT2D eigenvalue weighted by molar-refractivity contribution is 6.36. The molecule has 4 aliphatic heterocycles. The van der Waals surface area contributed by atoms with Crippen molar-refractivity contribution >= 4 is 39.1 Å². The molecule has 4 aromatic rings. The number of fused-ring (bicyclic) bond motifs is 5. The van der Waals surface area contributed by atoms with Gasteiger partial charge in [-0.05, 0) is 81.4 Å². The minimum absolute atomic E-state index is 0.0725. The molecule has 6 heterocycles. The summed E-state index contributed by atoms with van der Waals surface area (Å²) in [6.45, 7) is 9.97. The standard InChI is InChI=1S/C37H40ClFN6O2/c1-23-43(15-16-46-23)21-27-11-13-37(12-4-14-45(27)37)22-47-36-41-34-29(35(42-36)44-19-24-9-10-25(17-24)20-44)18-40-33(32(34)39)28-7-2-5-26-6-3-8-30(38)31(26)28/h2-3,5-8,18,24-25,27H,1,4,9-17,19-22H2/t24?,25?,27-,37-/m1/s1. The SMILES string of the molecule is C=C1OCCN1C[C@H]1CC[C@@]2(COc3nc(N4CC5CCC(C5)C4)c4cnc(-c5cccc6cccc(Cl)c56)c(F)c4n3)CCCN12.